The molecule has 1 heterocycles. The summed E-state index contributed by atoms with van der Waals surface area (Å²) in [7, 11) is 0. The average molecular weight is 279 g/mol. The standard InChI is InChI=1S/C15H21NO4/c17-13-9-5-1-2-6-10(9)14(18)16(13)12-8-4-3-7-11(12)15(19)20/h9-12H,1-8H2,(H,19,20). The van der Waals surface area contributed by atoms with E-state index in [1.54, 1.807) is 0 Å². The third-order valence-electron chi connectivity index (χ3n) is 5.25. The molecule has 0 spiro atoms. The maximum atomic E-state index is 12.5. The summed E-state index contributed by atoms with van der Waals surface area (Å²) in [6.45, 7) is 0. The second-order valence-corrected chi connectivity index (χ2v) is 6.34. The van der Waals surface area contributed by atoms with Crippen molar-refractivity contribution in [3.05, 3.63) is 0 Å². The van der Waals surface area contributed by atoms with Gasteiger partial charge in [0.2, 0.25) is 11.8 Å². The molecule has 0 aromatic rings. The minimum absolute atomic E-state index is 0.0992. The number of aliphatic carboxylic acids is 1. The van der Waals surface area contributed by atoms with E-state index in [9.17, 15) is 19.5 Å². The molecule has 0 radical (unpaired) electrons. The first-order chi connectivity index (χ1) is 9.61. The van der Waals surface area contributed by atoms with Gasteiger partial charge in [-0.3, -0.25) is 19.3 Å². The Labute approximate surface area is 118 Å². The molecule has 2 amide bonds. The van der Waals surface area contributed by atoms with E-state index in [0.717, 1.165) is 38.5 Å². The van der Waals surface area contributed by atoms with Crippen LogP contribution in [-0.4, -0.2) is 33.8 Å². The first kappa shape index (κ1) is 13.6. The van der Waals surface area contributed by atoms with Gasteiger partial charge in [-0.15, -0.1) is 0 Å². The smallest absolute Gasteiger partial charge is 0.308 e. The summed E-state index contributed by atoms with van der Waals surface area (Å²) in [5.41, 5.74) is 0. The van der Waals surface area contributed by atoms with Crippen LogP contribution in [0.5, 0.6) is 0 Å². The number of carboxylic acid groups (broad SMARTS) is 1. The minimum Gasteiger partial charge on any atom is -0.481 e. The van der Waals surface area contributed by atoms with Gasteiger partial charge in [0.05, 0.1) is 23.8 Å². The van der Waals surface area contributed by atoms with Crippen LogP contribution in [0.2, 0.25) is 0 Å². The number of rotatable bonds is 2. The van der Waals surface area contributed by atoms with Crippen LogP contribution >= 0.6 is 0 Å². The normalized spacial score (nSPS) is 37.9. The fourth-order valence-corrected chi connectivity index (χ4v) is 4.22. The second-order valence-electron chi connectivity index (χ2n) is 6.34. The number of nitrogens with zero attached hydrogens (tertiary/aromatic N) is 1. The van der Waals surface area contributed by atoms with E-state index < -0.39 is 17.9 Å². The Hall–Kier alpha value is -1.39. The maximum absolute atomic E-state index is 12.5. The molecular weight excluding hydrogens is 258 g/mol. The molecule has 0 aromatic heterocycles. The zero-order valence-corrected chi connectivity index (χ0v) is 11.6. The summed E-state index contributed by atoms with van der Waals surface area (Å²) < 4.78 is 0. The first-order valence-corrected chi connectivity index (χ1v) is 7.71. The summed E-state index contributed by atoms with van der Waals surface area (Å²) in [6.07, 6.45) is 6.58. The number of likely N-dealkylation sites (tertiary alicyclic amines) is 1. The number of carbonyl (C=O) groups is 3. The lowest BCUT2D eigenvalue weighted by atomic mass is 9.81. The van der Waals surface area contributed by atoms with Crippen molar-refractivity contribution < 1.29 is 19.5 Å². The third-order valence-corrected chi connectivity index (χ3v) is 5.25. The molecule has 3 rings (SSSR count). The van der Waals surface area contributed by atoms with Gasteiger partial charge >= 0.3 is 5.97 Å². The molecule has 3 fully saturated rings. The van der Waals surface area contributed by atoms with Gasteiger partial charge < -0.3 is 5.11 Å². The van der Waals surface area contributed by atoms with Gasteiger partial charge in [0.1, 0.15) is 0 Å². The molecule has 4 atom stereocenters. The Morgan fingerprint density at radius 1 is 0.900 bits per heavy atom. The van der Waals surface area contributed by atoms with Crippen molar-refractivity contribution >= 4 is 17.8 Å². The number of amides is 2. The van der Waals surface area contributed by atoms with Crippen LogP contribution in [0.4, 0.5) is 0 Å². The van der Waals surface area contributed by atoms with E-state index in [0.29, 0.717) is 12.8 Å². The van der Waals surface area contributed by atoms with Crippen LogP contribution in [0.15, 0.2) is 0 Å². The maximum Gasteiger partial charge on any atom is 0.308 e. The Morgan fingerprint density at radius 2 is 1.40 bits per heavy atom. The highest BCUT2D eigenvalue weighted by atomic mass is 16.4. The van der Waals surface area contributed by atoms with Gasteiger partial charge in [0.15, 0.2) is 0 Å². The summed E-state index contributed by atoms with van der Waals surface area (Å²) >= 11 is 0. The SMILES string of the molecule is O=C(O)C1CCCCC1N1C(=O)C2CCCCC2C1=O. The number of hydrogen-bond acceptors (Lipinski definition) is 3. The van der Waals surface area contributed by atoms with Crippen LogP contribution in [0.1, 0.15) is 51.4 Å². The Bertz CT molecular complexity index is 423. The molecule has 5 nitrogen and oxygen atoms in total. The number of carbonyl (C=O) groups excluding carboxylic acids is 2. The fraction of sp³-hybridized carbons (Fsp3) is 0.800. The van der Waals surface area contributed by atoms with Gasteiger partial charge in [-0.05, 0) is 25.7 Å². The number of imide groups is 1. The van der Waals surface area contributed by atoms with E-state index in [-0.39, 0.29) is 23.7 Å². The van der Waals surface area contributed by atoms with E-state index in [1.165, 1.54) is 4.90 Å². The molecule has 1 saturated heterocycles. The van der Waals surface area contributed by atoms with Gasteiger partial charge in [0, 0.05) is 0 Å². The first-order valence-electron chi connectivity index (χ1n) is 7.71. The number of hydrogen-bond donors (Lipinski definition) is 1. The van der Waals surface area contributed by atoms with E-state index in [4.69, 9.17) is 0 Å². The van der Waals surface area contributed by atoms with Crippen LogP contribution in [0.3, 0.4) is 0 Å². The Morgan fingerprint density at radius 3 is 1.95 bits per heavy atom. The average Bonchev–Trinajstić information content (AvgIpc) is 2.71. The second kappa shape index (κ2) is 5.19. The molecule has 5 heteroatoms. The van der Waals surface area contributed by atoms with Crippen LogP contribution < -0.4 is 0 Å². The predicted octanol–water partition coefficient (Wildman–Crippen LogP) is 1.80. The molecule has 0 bridgehead atoms. The highest BCUT2D eigenvalue weighted by Gasteiger charge is 2.52. The lowest BCUT2D eigenvalue weighted by Gasteiger charge is -2.34. The van der Waals surface area contributed by atoms with Gasteiger partial charge in [0.25, 0.3) is 0 Å². The van der Waals surface area contributed by atoms with E-state index in [1.807, 2.05) is 0 Å². The van der Waals surface area contributed by atoms with Crippen LogP contribution in [-0.2, 0) is 14.4 Å². The summed E-state index contributed by atoms with van der Waals surface area (Å²) in [5.74, 6) is -1.99. The Balaban J connectivity index is 1.86. The molecule has 2 aliphatic carbocycles. The van der Waals surface area contributed by atoms with E-state index in [2.05, 4.69) is 0 Å². The van der Waals surface area contributed by atoms with Crippen molar-refractivity contribution in [1.82, 2.24) is 4.90 Å². The van der Waals surface area contributed by atoms with Crippen molar-refractivity contribution in [3.8, 4) is 0 Å². The monoisotopic (exact) mass is 279 g/mol. The third kappa shape index (κ3) is 2.03. The lowest BCUT2D eigenvalue weighted by molar-refractivity contribution is -0.151. The lowest BCUT2D eigenvalue weighted by Crippen LogP contribution is -2.48. The number of fused-ring (bicyclic) bond motifs is 1. The van der Waals surface area contributed by atoms with Crippen molar-refractivity contribution in [2.24, 2.45) is 17.8 Å². The Kier molecular flexibility index (Phi) is 3.52. The zero-order chi connectivity index (χ0) is 14.3. The predicted molar refractivity (Wildman–Crippen MR) is 70.7 cm³/mol. The van der Waals surface area contributed by atoms with Crippen molar-refractivity contribution in [2.75, 3.05) is 0 Å². The quantitative estimate of drug-likeness (QED) is 0.782. The molecular formula is C15H21NO4. The fourth-order valence-electron chi connectivity index (χ4n) is 4.22. The van der Waals surface area contributed by atoms with Crippen molar-refractivity contribution in [1.29, 1.82) is 0 Å². The van der Waals surface area contributed by atoms with Gasteiger partial charge in [-0.2, -0.15) is 0 Å². The number of carboxylic acids is 1. The summed E-state index contributed by atoms with van der Waals surface area (Å²) in [4.78, 5) is 37.8. The van der Waals surface area contributed by atoms with Crippen molar-refractivity contribution in [3.63, 3.8) is 0 Å². The topological polar surface area (TPSA) is 74.7 Å². The molecule has 0 aromatic carbocycles. The van der Waals surface area contributed by atoms with Crippen LogP contribution in [0, 0.1) is 17.8 Å². The van der Waals surface area contributed by atoms with E-state index >= 15 is 0 Å². The van der Waals surface area contributed by atoms with Crippen LogP contribution in [0.25, 0.3) is 0 Å². The molecule has 20 heavy (non-hydrogen) atoms. The van der Waals surface area contributed by atoms with Crippen molar-refractivity contribution in [2.45, 2.75) is 57.4 Å². The largest absolute Gasteiger partial charge is 0.481 e. The minimum atomic E-state index is -0.870. The summed E-state index contributed by atoms with van der Waals surface area (Å²) in [5, 5.41) is 9.35. The van der Waals surface area contributed by atoms with Gasteiger partial charge in [-0.1, -0.05) is 25.7 Å². The molecule has 1 aliphatic heterocycles. The highest BCUT2D eigenvalue weighted by molar-refractivity contribution is 6.05. The molecule has 2 saturated carbocycles. The molecule has 1 N–H and O–H groups in total. The van der Waals surface area contributed by atoms with Gasteiger partial charge in [-0.25, -0.2) is 0 Å². The molecule has 3 aliphatic rings. The molecule has 110 valence electrons. The summed E-state index contributed by atoms with van der Waals surface area (Å²) in [6, 6.07) is -0.410. The highest BCUT2D eigenvalue weighted by Crippen LogP contribution is 2.41. The molecule has 4 unspecified atom stereocenters. The zero-order valence-electron chi connectivity index (χ0n) is 11.6.